The lowest BCUT2D eigenvalue weighted by molar-refractivity contribution is 0.645. The van der Waals surface area contributed by atoms with Crippen molar-refractivity contribution in [3.05, 3.63) is 40.7 Å². The highest BCUT2D eigenvalue weighted by Gasteiger charge is 2.20. The Bertz CT molecular complexity index is 586. The van der Waals surface area contributed by atoms with Crippen LogP contribution in [0.15, 0.2) is 24.4 Å². The second-order valence-electron chi connectivity index (χ2n) is 4.93. The third-order valence-electron chi connectivity index (χ3n) is 3.73. The van der Waals surface area contributed by atoms with Crippen molar-refractivity contribution in [2.45, 2.75) is 19.4 Å². The summed E-state index contributed by atoms with van der Waals surface area (Å²) < 4.78 is 1.84. The van der Waals surface area contributed by atoms with Crippen LogP contribution in [0.1, 0.15) is 17.7 Å². The van der Waals surface area contributed by atoms with Gasteiger partial charge < -0.3 is 10.6 Å². The standard InChI is InChI=1S/C14H17ClN4/c1-18-14(11(15)8-17-18)9-19-7-3-4-10-12(16)5-2-6-13(10)19/h2,5-6,8H,3-4,7,9,16H2,1H3. The van der Waals surface area contributed by atoms with Crippen LogP contribution in [0.2, 0.25) is 5.02 Å². The van der Waals surface area contributed by atoms with Crippen LogP contribution in [0.3, 0.4) is 0 Å². The van der Waals surface area contributed by atoms with E-state index in [-0.39, 0.29) is 0 Å². The number of fused-ring (bicyclic) bond motifs is 1. The average molecular weight is 277 g/mol. The van der Waals surface area contributed by atoms with Gasteiger partial charge in [0.15, 0.2) is 0 Å². The van der Waals surface area contributed by atoms with Crippen LogP contribution in [0, 0.1) is 0 Å². The summed E-state index contributed by atoms with van der Waals surface area (Å²) in [5, 5.41) is 4.91. The zero-order chi connectivity index (χ0) is 13.4. The summed E-state index contributed by atoms with van der Waals surface area (Å²) in [5.41, 5.74) is 10.5. The maximum Gasteiger partial charge on any atom is 0.0836 e. The van der Waals surface area contributed by atoms with Crippen LogP contribution < -0.4 is 10.6 Å². The topological polar surface area (TPSA) is 47.1 Å². The summed E-state index contributed by atoms with van der Waals surface area (Å²) in [7, 11) is 1.92. The predicted octanol–water partition coefficient (Wildman–Crippen LogP) is 2.61. The van der Waals surface area contributed by atoms with E-state index in [4.69, 9.17) is 17.3 Å². The van der Waals surface area contributed by atoms with Crippen molar-refractivity contribution in [2.75, 3.05) is 17.2 Å². The molecule has 1 aliphatic rings. The number of nitrogen functional groups attached to an aromatic ring is 1. The molecule has 0 amide bonds. The number of aryl methyl sites for hydroxylation is 1. The van der Waals surface area contributed by atoms with E-state index in [1.165, 1.54) is 11.3 Å². The first-order valence-electron chi connectivity index (χ1n) is 6.45. The van der Waals surface area contributed by atoms with Crippen molar-refractivity contribution in [1.82, 2.24) is 9.78 Å². The van der Waals surface area contributed by atoms with Gasteiger partial charge in [0.05, 0.1) is 23.5 Å². The van der Waals surface area contributed by atoms with Crippen LogP contribution in [0.4, 0.5) is 11.4 Å². The lowest BCUT2D eigenvalue weighted by atomic mass is 10.00. The Kier molecular flexibility index (Phi) is 3.11. The number of benzene rings is 1. The molecule has 1 aromatic heterocycles. The predicted molar refractivity (Wildman–Crippen MR) is 78.4 cm³/mol. The third kappa shape index (κ3) is 2.16. The zero-order valence-corrected chi connectivity index (χ0v) is 11.7. The number of hydrogen-bond donors (Lipinski definition) is 1. The first-order valence-corrected chi connectivity index (χ1v) is 6.83. The molecule has 0 unspecified atom stereocenters. The van der Waals surface area contributed by atoms with E-state index in [1.807, 2.05) is 23.9 Å². The van der Waals surface area contributed by atoms with Crippen molar-refractivity contribution in [3.8, 4) is 0 Å². The molecule has 0 saturated carbocycles. The maximum atomic E-state index is 6.19. The second kappa shape index (κ2) is 4.78. The Morgan fingerprint density at radius 2 is 2.26 bits per heavy atom. The Hall–Kier alpha value is -1.68. The lowest BCUT2D eigenvalue weighted by Crippen LogP contribution is -2.30. The maximum absolute atomic E-state index is 6.19. The summed E-state index contributed by atoms with van der Waals surface area (Å²) in [4.78, 5) is 2.33. The largest absolute Gasteiger partial charge is 0.398 e. The molecule has 0 bridgehead atoms. The molecule has 0 fully saturated rings. The first kappa shape index (κ1) is 12.4. The van der Waals surface area contributed by atoms with Gasteiger partial charge >= 0.3 is 0 Å². The van der Waals surface area contributed by atoms with Gasteiger partial charge in [-0.2, -0.15) is 5.10 Å². The summed E-state index contributed by atoms with van der Waals surface area (Å²) in [6, 6.07) is 6.12. The summed E-state index contributed by atoms with van der Waals surface area (Å²) in [5.74, 6) is 0. The van der Waals surface area contributed by atoms with Crippen LogP contribution in [0.25, 0.3) is 0 Å². The number of nitrogens with two attached hydrogens (primary N) is 1. The molecule has 2 N–H and O–H groups in total. The zero-order valence-electron chi connectivity index (χ0n) is 10.9. The molecule has 0 aliphatic carbocycles. The van der Waals surface area contributed by atoms with E-state index in [0.717, 1.165) is 42.3 Å². The Morgan fingerprint density at radius 3 is 3.00 bits per heavy atom. The normalized spacial score (nSPS) is 14.5. The van der Waals surface area contributed by atoms with Gasteiger partial charge in [-0.25, -0.2) is 0 Å². The van der Waals surface area contributed by atoms with Crippen molar-refractivity contribution < 1.29 is 0 Å². The molecule has 3 rings (SSSR count). The molecule has 4 nitrogen and oxygen atoms in total. The number of anilines is 2. The molecule has 1 aliphatic heterocycles. The van der Waals surface area contributed by atoms with Gasteiger partial charge in [0, 0.05) is 25.0 Å². The van der Waals surface area contributed by atoms with Crippen LogP contribution in [-0.2, 0) is 20.0 Å². The molecule has 100 valence electrons. The van der Waals surface area contributed by atoms with E-state index >= 15 is 0 Å². The second-order valence-corrected chi connectivity index (χ2v) is 5.34. The first-order chi connectivity index (χ1) is 9.16. The fourth-order valence-corrected chi connectivity index (χ4v) is 2.91. The van der Waals surface area contributed by atoms with Crippen LogP contribution >= 0.6 is 11.6 Å². The van der Waals surface area contributed by atoms with Gasteiger partial charge in [0.1, 0.15) is 0 Å². The summed E-state index contributed by atoms with van der Waals surface area (Å²) in [6.07, 6.45) is 3.87. The van der Waals surface area contributed by atoms with E-state index < -0.39 is 0 Å². The van der Waals surface area contributed by atoms with Gasteiger partial charge in [-0.1, -0.05) is 17.7 Å². The van der Waals surface area contributed by atoms with Gasteiger partial charge in [-0.15, -0.1) is 0 Å². The molecule has 0 spiro atoms. The fraction of sp³-hybridized carbons (Fsp3) is 0.357. The molecule has 2 aromatic rings. The minimum atomic E-state index is 0.721. The molecule has 0 saturated heterocycles. The van der Waals surface area contributed by atoms with E-state index in [0.29, 0.717) is 0 Å². The Morgan fingerprint density at radius 1 is 1.42 bits per heavy atom. The van der Waals surface area contributed by atoms with E-state index in [9.17, 15) is 0 Å². The highest BCUT2D eigenvalue weighted by atomic mass is 35.5. The molecule has 19 heavy (non-hydrogen) atoms. The van der Waals surface area contributed by atoms with Crippen molar-refractivity contribution in [3.63, 3.8) is 0 Å². The number of rotatable bonds is 2. The Labute approximate surface area is 117 Å². The molecule has 5 heteroatoms. The summed E-state index contributed by atoms with van der Waals surface area (Å²) in [6.45, 7) is 1.80. The number of hydrogen-bond acceptors (Lipinski definition) is 3. The van der Waals surface area contributed by atoms with Crippen molar-refractivity contribution in [2.24, 2.45) is 7.05 Å². The van der Waals surface area contributed by atoms with Crippen molar-refractivity contribution >= 4 is 23.0 Å². The van der Waals surface area contributed by atoms with Gasteiger partial charge in [-0.05, 0) is 30.5 Å². The monoisotopic (exact) mass is 276 g/mol. The summed E-state index contributed by atoms with van der Waals surface area (Å²) >= 11 is 6.19. The van der Waals surface area contributed by atoms with Gasteiger partial charge in [0.25, 0.3) is 0 Å². The molecule has 1 aromatic carbocycles. The molecular formula is C14H17ClN4. The molecule has 2 heterocycles. The molecule has 0 radical (unpaired) electrons. The number of nitrogens with zero attached hydrogens (tertiary/aromatic N) is 3. The fourth-order valence-electron chi connectivity index (χ4n) is 2.69. The van der Waals surface area contributed by atoms with Gasteiger partial charge in [0.2, 0.25) is 0 Å². The minimum Gasteiger partial charge on any atom is -0.398 e. The average Bonchev–Trinajstić information content (AvgIpc) is 2.72. The SMILES string of the molecule is Cn1ncc(Cl)c1CN1CCCc2c(N)cccc21. The van der Waals surface area contributed by atoms with E-state index in [2.05, 4.69) is 16.1 Å². The van der Waals surface area contributed by atoms with Gasteiger partial charge in [-0.3, -0.25) is 4.68 Å². The van der Waals surface area contributed by atoms with E-state index in [1.54, 1.807) is 6.20 Å². The lowest BCUT2D eigenvalue weighted by Gasteiger charge is -2.32. The molecular weight excluding hydrogens is 260 g/mol. The quantitative estimate of drug-likeness (QED) is 0.858. The smallest absolute Gasteiger partial charge is 0.0836 e. The minimum absolute atomic E-state index is 0.721. The van der Waals surface area contributed by atoms with Crippen molar-refractivity contribution in [1.29, 1.82) is 0 Å². The van der Waals surface area contributed by atoms with Crippen LogP contribution in [-0.4, -0.2) is 16.3 Å². The highest BCUT2D eigenvalue weighted by molar-refractivity contribution is 6.31. The Balaban J connectivity index is 1.94. The van der Waals surface area contributed by atoms with Crippen LogP contribution in [0.5, 0.6) is 0 Å². The highest BCUT2D eigenvalue weighted by Crippen LogP contribution is 2.32. The number of aromatic nitrogens is 2. The number of halogens is 1. The third-order valence-corrected chi connectivity index (χ3v) is 4.05. The molecule has 0 atom stereocenters.